The van der Waals surface area contributed by atoms with Gasteiger partial charge in [0.25, 0.3) is 0 Å². The minimum atomic E-state index is -4.83. The molecule has 1 saturated heterocycles. The van der Waals surface area contributed by atoms with Crippen LogP contribution in [0, 0.1) is 12.8 Å². The van der Waals surface area contributed by atoms with Crippen molar-refractivity contribution in [3.05, 3.63) is 35.1 Å². The number of amides is 1. The molecule has 0 aliphatic carbocycles. The number of ether oxygens (including phenoxy) is 1. The van der Waals surface area contributed by atoms with Crippen molar-refractivity contribution < 1.29 is 27.8 Å². The highest BCUT2D eigenvalue weighted by Crippen LogP contribution is 2.34. The molecule has 7 nitrogen and oxygen atoms in total. The molecule has 1 aliphatic rings. The van der Waals surface area contributed by atoms with Gasteiger partial charge in [-0.25, -0.2) is 9.97 Å². The lowest BCUT2D eigenvalue weighted by Gasteiger charge is -2.32. The standard InChI is InChI=1S/C20H22ClF3N4O3/c1-12-26-16(14-2-3-17(15(21)10-14)31-20(22,23)24)11-18(27-12)28-7-4-13(5-8-28)19(30)25-6-9-29/h2-3,10-11,13,29H,4-9H2,1H3,(H,25,30). The zero-order chi connectivity index (χ0) is 22.6. The highest BCUT2D eigenvalue weighted by molar-refractivity contribution is 6.32. The monoisotopic (exact) mass is 458 g/mol. The zero-order valence-corrected chi connectivity index (χ0v) is 17.5. The Bertz CT molecular complexity index is 934. The molecule has 1 amide bonds. The van der Waals surface area contributed by atoms with E-state index >= 15 is 0 Å². The smallest absolute Gasteiger partial charge is 0.404 e. The van der Waals surface area contributed by atoms with Crippen molar-refractivity contribution in [2.24, 2.45) is 5.92 Å². The Morgan fingerprint density at radius 1 is 1.29 bits per heavy atom. The van der Waals surface area contributed by atoms with Crippen LogP contribution in [0.25, 0.3) is 11.3 Å². The summed E-state index contributed by atoms with van der Waals surface area (Å²) in [5.41, 5.74) is 1.05. The minimum absolute atomic E-state index is 0.0657. The first-order chi connectivity index (χ1) is 14.7. The normalized spacial score (nSPS) is 15.1. The summed E-state index contributed by atoms with van der Waals surface area (Å²) in [6, 6.07) is 5.72. The average Bonchev–Trinajstić information content (AvgIpc) is 2.72. The van der Waals surface area contributed by atoms with E-state index in [1.54, 1.807) is 13.0 Å². The molecule has 0 saturated carbocycles. The summed E-state index contributed by atoms with van der Waals surface area (Å²) in [4.78, 5) is 23.0. The van der Waals surface area contributed by atoms with Gasteiger partial charge in [0.2, 0.25) is 5.91 Å². The summed E-state index contributed by atoms with van der Waals surface area (Å²) >= 11 is 5.96. The molecule has 1 aliphatic heterocycles. The van der Waals surface area contributed by atoms with E-state index < -0.39 is 12.1 Å². The highest BCUT2D eigenvalue weighted by Gasteiger charge is 2.32. The molecule has 3 rings (SSSR count). The number of anilines is 1. The fraction of sp³-hybridized carbons (Fsp3) is 0.450. The largest absolute Gasteiger partial charge is 0.573 e. The van der Waals surface area contributed by atoms with Crippen LogP contribution < -0.4 is 15.0 Å². The number of aryl methyl sites for hydroxylation is 1. The van der Waals surface area contributed by atoms with Gasteiger partial charge in [0.15, 0.2) is 0 Å². The number of rotatable bonds is 6. The zero-order valence-electron chi connectivity index (χ0n) is 16.7. The number of carbonyl (C=O) groups excluding carboxylic acids is 1. The Balaban J connectivity index is 1.74. The maximum Gasteiger partial charge on any atom is 0.573 e. The van der Waals surface area contributed by atoms with E-state index in [4.69, 9.17) is 16.7 Å². The van der Waals surface area contributed by atoms with Crippen molar-refractivity contribution in [3.63, 3.8) is 0 Å². The van der Waals surface area contributed by atoms with E-state index in [0.717, 1.165) is 6.07 Å². The molecule has 0 bridgehead atoms. The third-order valence-electron chi connectivity index (χ3n) is 4.88. The first kappa shape index (κ1) is 23.1. The predicted molar refractivity (Wildman–Crippen MR) is 109 cm³/mol. The third-order valence-corrected chi connectivity index (χ3v) is 5.17. The molecular weight excluding hydrogens is 437 g/mol. The molecule has 1 aromatic heterocycles. The molecule has 0 atom stereocenters. The maximum absolute atomic E-state index is 12.5. The Hall–Kier alpha value is -2.59. The van der Waals surface area contributed by atoms with Crippen LogP contribution in [-0.2, 0) is 4.79 Å². The lowest BCUT2D eigenvalue weighted by Crippen LogP contribution is -2.41. The SMILES string of the molecule is Cc1nc(-c2ccc(OC(F)(F)F)c(Cl)c2)cc(N2CCC(C(=O)NCCO)CC2)n1. The quantitative estimate of drug-likeness (QED) is 0.690. The van der Waals surface area contributed by atoms with Crippen LogP contribution in [0.3, 0.4) is 0 Å². The number of alkyl halides is 3. The van der Waals surface area contributed by atoms with Crippen LogP contribution in [0.4, 0.5) is 19.0 Å². The topological polar surface area (TPSA) is 87.6 Å². The molecule has 2 heterocycles. The van der Waals surface area contributed by atoms with Gasteiger partial charge in [0, 0.05) is 37.2 Å². The van der Waals surface area contributed by atoms with Crippen molar-refractivity contribution in [2.75, 3.05) is 31.1 Å². The van der Waals surface area contributed by atoms with E-state index in [9.17, 15) is 18.0 Å². The van der Waals surface area contributed by atoms with Gasteiger partial charge in [-0.3, -0.25) is 4.79 Å². The Morgan fingerprint density at radius 2 is 2.00 bits per heavy atom. The summed E-state index contributed by atoms with van der Waals surface area (Å²) < 4.78 is 41.3. The molecule has 1 aromatic carbocycles. The second-order valence-electron chi connectivity index (χ2n) is 7.13. The van der Waals surface area contributed by atoms with Crippen LogP contribution >= 0.6 is 11.6 Å². The van der Waals surface area contributed by atoms with Crippen molar-refractivity contribution in [3.8, 4) is 17.0 Å². The lowest BCUT2D eigenvalue weighted by atomic mass is 9.96. The first-order valence-electron chi connectivity index (χ1n) is 9.71. The average molecular weight is 459 g/mol. The Kier molecular flexibility index (Phi) is 7.22. The summed E-state index contributed by atoms with van der Waals surface area (Å²) in [7, 11) is 0. The van der Waals surface area contributed by atoms with Crippen molar-refractivity contribution in [1.29, 1.82) is 0 Å². The van der Waals surface area contributed by atoms with Crippen molar-refractivity contribution >= 4 is 23.3 Å². The van der Waals surface area contributed by atoms with Crippen LogP contribution in [0.5, 0.6) is 5.75 Å². The van der Waals surface area contributed by atoms with E-state index in [1.165, 1.54) is 12.1 Å². The van der Waals surface area contributed by atoms with E-state index in [1.807, 2.05) is 4.90 Å². The van der Waals surface area contributed by atoms with Crippen LogP contribution in [0.1, 0.15) is 18.7 Å². The van der Waals surface area contributed by atoms with Crippen molar-refractivity contribution in [1.82, 2.24) is 15.3 Å². The van der Waals surface area contributed by atoms with Crippen LogP contribution in [0.2, 0.25) is 5.02 Å². The number of aliphatic hydroxyl groups excluding tert-OH is 1. The number of benzene rings is 1. The minimum Gasteiger partial charge on any atom is -0.404 e. The van der Waals surface area contributed by atoms with Gasteiger partial charge >= 0.3 is 6.36 Å². The van der Waals surface area contributed by atoms with Crippen LogP contribution in [0.15, 0.2) is 24.3 Å². The summed E-state index contributed by atoms with van der Waals surface area (Å²) in [6.45, 7) is 3.10. The molecule has 31 heavy (non-hydrogen) atoms. The number of nitrogens with one attached hydrogen (secondary N) is 1. The lowest BCUT2D eigenvalue weighted by molar-refractivity contribution is -0.274. The van der Waals surface area contributed by atoms with Gasteiger partial charge in [-0.2, -0.15) is 0 Å². The van der Waals surface area contributed by atoms with Gasteiger partial charge < -0.3 is 20.1 Å². The van der Waals surface area contributed by atoms with Crippen molar-refractivity contribution in [2.45, 2.75) is 26.1 Å². The van der Waals surface area contributed by atoms with Gasteiger partial charge in [-0.1, -0.05) is 11.6 Å². The molecule has 2 N–H and O–H groups in total. The molecule has 0 spiro atoms. The molecule has 0 unspecified atom stereocenters. The van der Waals surface area contributed by atoms with E-state index in [-0.39, 0.29) is 30.0 Å². The molecule has 11 heteroatoms. The van der Waals surface area contributed by atoms with Gasteiger partial charge in [0.1, 0.15) is 17.4 Å². The summed E-state index contributed by atoms with van der Waals surface area (Å²) in [5.74, 6) is 0.505. The number of aliphatic hydroxyl groups is 1. The first-order valence-corrected chi connectivity index (χ1v) is 10.1. The van der Waals surface area contributed by atoms with E-state index in [0.29, 0.717) is 48.8 Å². The molecule has 0 radical (unpaired) electrons. The molecule has 168 valence electrons. The third kappa shape index (κ3) is 6.20. The molecule has 2 aromatic rings. The second kappa shape index (κ2) is 9.69. The Labute approximate surface area is 182 Å². The van der Waals surface area contributed by atoms with Gasteiger partial charge in [-0.05, 0) is 38.0 Å². The fourth-order valence-corrected chi connectivity index (χ4v) is 3.64. The highest BCUT2D eigenvalue weighted by atomic mass is 35.5. The van der Waals surface area contributed by atoms with Gasteiger partial charge in [0.05, 0.1) is 17.3 Å². The molecular formula is C20H22ClF3N4O3. The fourth-order valence-electron chi connectivity index (χ4n) is 3.42. The number of halogens is 4. The number of hydrogen-bond acceptors (Lipinski definition) is 6. The maximum atomic E-state index is 12.5. The Morgan fingerprint density at radius 3 is 2.61 bits per heavy atom. The molecule has 1 fully saturated rings. The van der Waals surface area contributed by atoms with Gasteiger partial charge in [-0.15, -0.1) is 13.2 Å². The second-order valence-corrected chi connectivity index (χ2v) is 7.53. The number of carbonyl (C=O) groups is 1. The number of piperidine rings is 1. The van der Waals surface area contributed by atoms with E-state index in [2.05, 4.69) is 20.0 Å². The number of hydrogen-bond donors (Lipinski definition) is 2. The summed E-state index contributed by atoms with van der Waals surface area (Å²) in [5, 5.41) is 11.3. The number of aromatic nitrogens is 2. The number of nitrogens with zero attached hydrogens (tertiary/aromatic N) is 3. The summed E-state index contributed by atoms with van der Waals surface area (Å²) in [6.07, 6.45) is -3.54. The predicted octanol–water partition coefficient (Wildman–Crippen LogP) is 3.33. The van der Waals surface area contributed by atoms with Crippen LogP contribution in [-0.4, -0.2) is 53.6 Å².